The van der Waals surface area contributed by atoms with Gasteiger partial charge in [0.15, 0.2) is 0 Å². The van der Waals surface area contributed by atoms with Gasteiger partial charge in [-0.15, -0.1) is 0 Å². The molecule has 2 rings (SSSR count). The van der Waals surface area contributed by atoms with Crippen LogP contribution in [-0.2, 0) is 0 Å². The third kappa shape index (κ3) is 2.56. The zero-order valence-corrected chi connectivity index (χ0v) is 11.2. The van der Waals surface area contributed by atoms with Crippen molar-refractivity contribution in [2.24, 2.45) is 11.7 Å². The van der Waals surface area contributed by atoms with Crippen molar-refractivity contribution in [3.8, 4) is 0 Å². The van der Waals surface area contributed by atoms with E-state index < -0.39 is 0 Å². The molecule has 18 heavy (non-hydrogen) atoms. The van der Waals surface area contributed by atoms with Gasteiger partial charge in [-0.25, -0.2) is 0 Å². The largest absolute Gasteiger partial charge is 0.349 e. The number of carbonyl (C=O) groups excluding carboxylic acids is 1. The predicted octanol–water partition coefficient (Wildman–Crippen LogP) is 2.16. The molecule has 1 aromatic carbocycles. The maximum atomic E-state index is 12.4. The molecule has 1 fully saturated rings. The normalized spacial score (nSPS) is 23.1. The minimum absolute atomic E-state index is 0.0518. The smallest absolute Gasteiger partial charge is 0.252 e. The van der Waals surface area contributed by atoms with Crippen molar-refractivity contribution in [2.45, 2.75) is 39.2 Å². The zero-order valence-electron chi connectivity index (χ0n) is 11.2. The summed E-state index contributed by atoms with van der Waals surface area (Å²) in [6, 6.07) is 6.20. The average Bonchev–Trinajstić information content (AvgIpc) is 2.76. The molecule has 1 saturated carbocycles. The van der Waals surface area contributed by atoms with Gasteiger partial charge in [0.05, 0.1) is 0 Å². The molecule has 0 heterocycles. The van der Waals surface area contributed by atoms with Crippen LogP contribution in [0, 0.1) is 19.8 Å². The summed E-state index contributed by atoms with van der Waals surface area (Å²) in [6.07, 6.45) is 3.35. The topological polar surface area (TPSA) is 55.1 Å². The number of aryl methyl sites for hydroxylation is 2. The van der Waals surface area contributed by atoms with Crippen LogP contribution in [0.5, 0.6) is 0 Å². The highest BCUT2D eigenvalue weighted by Crippen LogP contribution is 2.25. The maximum absolute atomic E-state index is 12.4. The van der Waals surface area contributed by atoms with E-state index in [-0.39, 0.29) is 11.9 Å². The summed E-state index contributed by atoms with van der Waals surface area (Å²) in [5, 5.41) is 3.16. The maximum Gasteiger partial charge on any atom is 0.252 e. The van der Waals surface area contributed by atoms with Gasteiger partial charge >= 0.3 is 0 Å². The molecule has 0 spiro atoms. The fraction of sp³-hybridized carbons (Fsp3) is 0.533. The zero-order chi connectivity index (χ0) is 13.1. The van der Waals surface area contributed by atoms with E-state index in [1.54, 1.807) is 0 Å². The van der Waals surface area contributed by atoms with Crippen LogP contribution in [0.3, 0.4) is 0 Å². The molecule has 2 atom stereocenters. The molecule has 2 unspecified atom stereocenters. The SMILES string of the molecule is Cc1cccc(C)c1C(=O)NC1CCCC1CN. The Kier molecular flexibility index (Phi) is 4.02. The van der Waals surface area contributed by atoms with E-state index in [9.17, 15) is 4.79 Å². The molecule has 0 saturated heterocycles. The fourth-order valence-electron chi connectivity index (χ4n) is 2.92. The van der Waals surface area contributed by atoms with Crippen molar-refractivity contribution in [1.82, 2.24) is 5.32 Å². The Bertz CT molecular complexity index is 422. The third-order valence-electron chi connectivity index (χ3n) is 3.99. The molecule has 98 valence electrons. The summed E-state index contributed by atoms with van der Waals surface area (Å²) < 4.78 is 0. The lowest BCUT2D eigenvalue weighted by Gasteiger charge is -2.20. The Balaban J connectivity index is 2.12. The number of carbonyl (C=O) groups is 1. The number of benzene rings is 1. The van der Waals surface area contributed by atoms with Crippen LogP contribution in [0.25, 0.3) is 0 Å². The molecule has 0 aliphatic heterocycles. The second-order valence-electron chi connectivity index (χ2n) is 5.27. The molecular formula is C15H22N2O. The Morgan fingerprint density at radius 2 is 2.00 bits per heavy atom. The molecule has 1 aliphatic rings. The Morgan fingerprint density at radius 1 is 1.33 bits per heavy atom. The highest BCUT2D eigenvalue weighted by Gasteiger charge is 2.28. The van der Waals surface area contributed by atoms with Crippen molar-refractivity contribution in [3.05, 3.63) is 34.9 Å². The van der Waals surface area contributed by atoms with Crippen molar-refractivity contribution in [3.63, 3.8) is 0 Å². The number of nitrogens with one attached hydrogen (secondary N) is 1. The Morgan fingerprint density at radius 3 is 2.61 bits per heavy atom. The summed E-state index contributed by atoms with van der Waals surface area (Å²) in [6.45, 7) is 4.63. The van der Waals surface area contributed by atoms with Gasteiger partial charge in [-0.1, -0.05) is 24.6 Å². The van der Waals surface area contributed by atoms with Gasteiger partial charge in [-0.05, 0) is 50.3 Å². The van der Waals surface area contributed by atoms with Gasteiger partial charge in [0.25, 0.3) is 5.91 Å². The van der Waals surface area contributed by atoms with Gasteiger partial charge in [-0.2, -0.15) is 0 Å². The first-order valence-electron chi connectivity index (χ1n) is 6.70. The van der Waals surface area contributed by atoms with Crippen LogP contribution >= 0.6 is 0 Å². The molecule has 0 radical (unpaired) electrons. The minimum atomic E-state index is 0.0518. The molecular weight excluding hydrogens is 224 g/mol. The second kappa shape index (κ2) is 5.53. The lowest BCUT2D eigenvalue weighted by molar-refractivity contribution is 0.0927. The molecule has 1 aromatic rings. The molecule has 1 aliphatic carbocycles. The van der Waals surface area contributed by atoms with Crippen LogP contribution < -0.4 is 11.1 Å². The van der Waals surface area contributed by atoms with E-state index >= 15 is 0 Å². The van der Waals surface area contributed by atoms with Crippen molar-refractivity contribution >= 4 is 5.91 Å². The van der Waals surface area contributed by atoms with E-state index in [2.05, 4.69) is 5.32 Å². The second-order valence-corrected chi connectivity index (χ2v) is 5.27. The van der Waals surface area contributed by atoms with E-state index in [1.165, 1.54) is 6.42 Å². The number of hydrogen-bond acceptors (Lipinski definition) is 2. The molecule has 1 amide bonds. The van der Waals surface area contributed by atoms with Crippen LogP contribution in [0.2, 0.25) is 0 Å². The number of rotatable bonds is 3. The van der Waals surface area contributed by atoms with E-state index in [0.717, 1.165) is 29.5 Å². The van der Waals surface area contributed by atoms with Crippen LogP contribution in [-0.4, -0.2) is 18.5 Å². The summed E-state index contributed by atoms with van der Waals surface area (Å²) in [7, 11) is 0. The van der Waals surface area contributed by atoms with Gasteiger partial charge in [-0.3, -0.25) is 4.79 Å². The first kappa shape index (κ1) is 13.1. The molecule has 3 heteroatoms. The quantitative estimate of drug-likeness (QED) is 0.858. The lowest BCUT2D eigenvalue weighted by Crippen LogP contribution is -2.40. The molecule has 3 nitrogen and oxygen atoms in total. The number of nitrogens with two attached hydrogens (primary N) is 1. The predicted molar refractivity (Wildman–Crippen MR) is 73.6 cm³/mol. The monoisotopic (exact) mass is 246 g/mol. The van der Waals surface area contributed by atoms with Crippen LogP contribution in [0.4, 0.5) is 0 Å². The minimum Gasteiger partial charge on any atom is -0.349 e. The van der Waals surface area contributed by atoms with E-state index in [4.69, 9.17) is 5.73 Å². The summed E-state index contributed by atoms with van der Waals surface area (Å²) in [4.78, 5) is 12.4. The van der Waals surface area contributed by atoms with E-state index in [0.29, 0.717) is 12.5 Å². The first-order chi connectivity index (χ1) is 8.63. The van der Waals surface area contributed by atoms with Crippen molar-refractivity contribution in [1.29, 1.82) is 0 Å². The fourth-order valence-corrected chi connectivity index (χ4v) is 2.92. The molecule has 3 N–H and O–H groups in total. The summed E-state index contributed by atoms with van der Waals surface area (Å²) >= 11 is 0. The van der Waals surface area contributed by atoms with Gasteiger partial charge in [0, 0.05) is 11.6 Å². The average molecular weight is 246 g/mol. The van der Waals surface area contributed by atoms with Gasteiger partial charge < -0.3 is 11.1 Å². The van der Waals surface area contributed by atoms with Gasteiger partial charge in [0.2, 0.25) is 0 Å². The standard InChI is InChI=1S/C15H22N2O/c1-10-5-3-6-11(2)14(10)15(18)17-13-8-4-7-12(13)9-16/h3,5-6,12-13H,4,7-9,16H2,1-2H3,(H,17,18). The Labute approximate surface area is 109 Å². The lowest BCUT2D eigenvalue weighted by atomic mass is 10.00. The van der Waals surface area contributed by atoms with Crippen LogP contribution in [0.15, 0.2) is 18.2 Å². The van der Waals surface area contributed by atoms with E-state index in [1.807, 2.05) is 32.0 Å². The molecule has 0 bridgehead atoms. The molecule has 0 aromatic heterocycles. The Hall–Kier alpha value is -1.35. The number of hydrogen-bond donors (Lipinski definition) is 2. The number of amides is 1. The van der Waals surface area contributed by atoms with Crippen LogP contribution in [0.1, 0.15) is 40.7 Å². The summed E-state index contributed by atoms with van der Waals surface area (Å²) in [5.74, 6) is 0.495. The highest BCUT2D eigenvalue weighted by atomic mass is 16.1. The highest BCUT2D eigenvalue weighted by molar-refractivity contribution is 5.97. The third-order valence-corrected chi connectivity index (χ3v) is 3.99. The van der Waals surface area contributed by atoms with Crippen molar-refractivity contribution in [2.75, 3.05) is 6.54 Å². The first-order valence-corrected chi connectivity index (χ1v) is 6.70. The van der Waals surface area contributed by atoms with Gasteiger partial charge in [0.1, 0.15) is 0 Å². The summed E-state index contributed by atoms with van der Waals surface area (Å²) in [5.41, 5.74) is 8.64. The van der Waals surface area contributed by atoms with Crippen molar-refractivity contribution < 1.29 is 4.79 Å².